The van der Waals surface area contributed by atoms with Crippen LogP contribution in [0.1, 0.15) is 22.0 Å². The van der Waals surface area contributed by atoms with Gasteiger partial charge in [-0.3, -0.25) is 9.69 Å². The molecule has 0 spiro atoms. The lowest BCUT2D eigenvalue weighted by Gasteiger charge is -2.27. The molecule has 25 heavy (non-hydrogen) atoms. The first-order valence-corrected chi connectivity index (χ1v) is 9.16. The van der Waals surface area contributed by atoms with Gasteiger partial charge >= 0.3 is 0 Å². The second-order valence-corrected chi connectivity index (χ2v) is 7.20. The van der Waals surface area contributed by atoms with Gasteiger partial charge in [-0.2, -0.15) is 0 Å². The molecule has 0 unspecified atom stereocenters. The van der Waals surface area contributed by atoms with E-state index in [9.17, 15) is 4.79 Å². The predicted octanol–water partition coefficient (Wildman–Crippen LogP) is 4.87. The number of rotatable bonds is 6. The Kier molecular flexibility index (Phi) is 5.64. The fraction of sp³-hybridized carbons (Fsp3) is 0.190. The van der Waals surface area contributed by atoms with E-state index < -0.39 is 0 Å². The Morgan fingerprint density at radius 1 is 1.04 bits per heavy atom. The molecule has 1 N–H and O–H groups in total. The van der Waals surface area contributed by atoms with Crippen LogP contribution in [0.15, 0.2) is 72.1 Å². The van der Waals surface area contributed by atoms with E-state index in [1.54, 1.807) is 11.3 Å². The maximum absolute atomic E-state index is 13.0. The Hall–Kier alpha value is -2.43. The fourth-order valence-corrected chi connectivity index (χ4v) is 3.60. The SMILES string of the molecule is Cc1ccc(NC(=O)[C@H](c2ccccc2)N(C)Cc2cccs2)cc1. The molecule has 1 aromatic heterocycles. The molecule has 3 aromatic rings. The summed E-state index contributed by atoms with van der Waals surface area (Å²) in [5.41, 5.74) is 2.99. The smallest absolute Gasteiger partial charge is 0.246 e. The number of hydrogen-bond donors (Lipinski definition) is 1. The lowest BCUT2D eigenvalue weighted by molar-refractivity contribution is -0.121. The molecule has 0 aliphatic rings. The molecule has 0 fully saturated rings. The second kappa shape index (κ2) is 8.10. The number of carbonyl (C=O) groups is 1. The highest BCUT2D eigenvalue weighted by molar-refractivity contribution is 7.09. The number of amides is 1. The van der Waals surface area contributed by atoms with Gasteiger partial charge < -0.3 is 5.32 Å². The van der Waals surface area contributed by atoms with Gasteiger partial charge in [0.1, 0.15) is 6.04 Å². The van der Waals surface area contributed by atoms with E-state index in [-0.39, 0.29) is 11.9 Å². The van der Waals surface area contributed by atoms with Gasteiger partial charge in [0.15, 0.2) is 0 Å². The van der Waals surface area contributed by atoms with Gasteiger partial charge in [-0.25, -0.2) is 0 Å². The van der Waals surface area contributed by atoms with Crippen LogP contribution in [0.4, 0.5) is 5.69 Å². The van der Waals surface area contributed by atoms with E-state index in [1.165, 1.54) is 10.4 Å². The monoisotopic (exact) mass is 350 g/mol. The van der Waals surface area contributed by atoms with Crippen LogP contribution in [0.25, 0.3) is 0 Å². The topological polar surface area (TPSA) is 32.3 Å². The summed E-state index contributed by atoms with van der Waals surface area (Å²) in [7, 11) is 1.99. The molecule has 0 saturated carbocycles. The van der Waals surface area contributed by atoms with Crippen molar-refractivity contribution in [2.75, 3.05) is 12.4 Å². The van der Waals surface area contributed by atoms with E-state index in [1.807, 2.05) is 74.6 Å². The van der Waals surface area contributed by atoms with E-state index in [4.69, 9.17) is 0 Å². The highest BCUT2D eigenvalue weighted by Crippen LogP contribution is 2.24. The van der Waals surface area contributed by atoms with E-state index >= 15 is 0 Å². The minimum atomic E-state index is -0.343. The van der Waals surface area contributed by atoms with Crippen molar-refractivity contribution in [3.63, 3.8) is 0 Å². The lowest BCUT2D eigenvalue weighted by atomic mass is 10.0. The van der Waals surface area contributed by atoms with Crippen LogP contribution >= 0.6 is 11.3 Å². The molecule has 0 aliphatic heterocycles. The quantitative estimate of drug-likeness (QED) is 0.688. The summed E-state index contributed by atoms with van der Waals surface area (Å²) in [5.74, 6) is -0.0193. The number of carbonyl (C=O) groups excluding carboxylic acids is 1. The van der Waals surface area contributed by atoms with Crippen molar-refractivity contribution in [2.45, 2.75) is 19.5 Å². The van der Waals surface area contributed by atoms with Gasteiger partial charge in [0.2, 0.25) is 5.91 Å². The van der Waals surface area contributed by atoms with Crippen molar-refractivity contribution in [1.29, 1.82) is 0 Å². The molecule has 0 aliphatic carbocycles. The van der Waals surface area contributed by atoms with Crippen LogP contribution in [0, 0.1) is 6.92 Å². The van der Waals surface area contributed by atoms with Crippen LogP contribution in [0.2, 0.25) is 0 Å². The van der Waals surface area contributed by atoms with Gasteiger partial charge in [0, 0.05) is 17.1 Å². The molecule has 3 nitrogen and oxygen atoms in total. The summed E-state index contributed by atoms with van der Waals surface area (Å²) >= 11 is 1.71. The number of benzene rings is 2. The largest absolute Gasteiger partial charge is 0.324 e. The first kappa shape index (κ1) is 17.4. The van der Waals surface area contributed by atoms with Gasteiger partial charge in [-0.15, -0.1) is 11.3 Å². The maximum atomic E-state index is 13.0. The zero-order chi connectivity index (χ0) is 17.6. The van der Waals surface area contributed by atoms with E-state index in [0.717, 1.165) is 17.8 Å². The fourth-order valence-electron chi connectivity index (χ4n) is 2.83. The third-order valence-electron chi connectivity index (χ3n) is 4.11. The van der Waals surface area contributed by atoms with Crippen molar-refractivity contribution >= 4 is 22.9 Å². The van der Waals surface area contributed by atoms with Crippen LogP contribution in [0.5, 0.6) is 0 Å². The molecule has 4 heteroatoms. The maximum Gasteiger partial charge on any atom is 0.246 e. The molecule has 2 aromatic carbocycles. The van der Waals surface area contributed by atoms with Crippen molar-refractivity contribution < 1.29 is 4.79 Å². The third-order valence-corrected chi connectivity index (χ3v) is 4.97. The van der Waals surface area contributed by atoms with Crippen LogP contribution in [0.3, 0.4) is 0 Å². The molecule has 1 atom stereocenters. The first-order chi connectivity index (χ1) is 12.1. The van der Waals surface area contributed by atoms with Crippen molar-refractivity contribution in [1.82, 2.24) is 4.90 Å². The summed E-state index contributed by atoms with van der Waals surface area (Å²) in [6.07, 6.45) is 0. The summed E-state index contributed by atoms with van der Waals surface area (Å²) in [5, 5.41) is 5.11. The molecule has 0 bridgehead atoms. The Balaban J connectivity index is 1.82. The highest BCUT2D eigenvalue weighted by Gasteiger charge is 2.25. The van der Waals surface area contributed by atoms with Crippen LogP contribution in [-0.4, -0.2) is 17.9 Å². The first-order valence-electron chi connectivity index (χ1n) is 8.28. The molecule has 0 radical (unpaired) electrons. The van der Waals surface area contributed by atoms with E-state index in [0.29, 0.717) is 0 Å². The number of aryl methyl sites for hydroxylation is 1. The Bertz CT molecular complexity index is 798. The molecule has 0 saturated heterocycles. The highest BCUT2D eigenvalue weighted by atomic mass is 32.1. The summed E-state index contributed by atoms with van der Waals surface area (Å²) in [4.78, 5) is 16.3. The average Bonchev–Trinajstić information content (AvgIpc) is 3.11. The van der Waals surface area contributed by atoms with Gasteiger partial charge in [-0.1, -0.05) is 54.1 Å². The summed E-state index contributed by atoms with van der Waals surface area (Å²) < 4.78 is 0. The second-order valence-electron chi connectivity index (χ2n) is 6.16. The number of anilines is 1. The van der Waals surface area contributed by atoms with Gasteiger partial charge in [0.05, 0.1) is 0 Å². The minimum absolute atomic E-state index is 0.0193. The molecular formula is C21H22N2OS. The molecule has 128 valence electrons. The third kappa shape index (κ3) is 4.56. The summed E-state index contributed by atoms with van der Waals surface area (Å²) in [6.45, 7) is 2.77. The van der Waals surface area contributed by atoms with Gasteiger partial charge in [0.25, 0.3) is 0 Å². The Labute approximate surface area is 152 Å². The number of likely N-dealkylation sites (N-methyl/N-ethyl adjacent to an activating group) is 1. The number of nitrogens with one attached hydrogen (secondary N) is 1. The number of hydrogen-bond acceptors (Lipinski definition) is 3. The number of nitrogens with zero attached hydrogens (tertiary/aromatic N) is 1. The molecule has 3 rings (SSSR count). The van der Waals surface area contributed by atoms with Crippen molar-refractivity contribution in [3.8, 4) is 0 Å². The molecular weight excluding hydrogens is 328 g/mol. The van der Waals surface area contributed by atoms with Crippen LogP contribution in [-0.2, 0) is 11.3 Å². The minimum Gasteiger partial charge on any atom is -0.324 e. The van der Waals surface area contributed by atoms with E-state index in [2.05, 4.69) is 21.7 Å². The normalized spacial score (nSPS) is 12.1. The average molecular weight is 350 g/mol. The molecule has 1 amide bonds. The Morgan fingerprint density at radius 2 is 1.76 bits per heavy atom. The zero-order valence-corrected chi connectivity index (χ0v) is 15.3. The number of thiophene rings is 1. The van der Waals surface area contributed by atoms with Crippen molar-refractivity contribution in [2.24, 2.45) is 0 Å². The lowest BCUT2D eigenvalue weighted by Crippen LogP contribution is -2.34. The summed E-state index contributed by atoms with van der Waals surface area (Å²) in [6, 6.07) is 21.6. The molecule has 1 heterocycles. The van der Waals surface area contributed by atoms with Crippen LogP contribution < -0.4 is 5.32 Å². The zero-order valence-electron chi connectivity index (χ0n) is 14.5. The van der Waals surface area contributed by atoms with Crippen molar-refractivity contribution in [3.05, 3.63) is 88.1 Å². The van der Waals surface area contributed by atoms with Gasteiger partial charge in [-0.05, 0) is 43.1 Å². The Morgan fingerprint density at radius 3 is 2.40 bits per heavy atom. The predicted molar refractivity (Wildman–Crippen MR) is 105 cm³/mol. The standard InChI is InChI=1S/C21H22N2OS/c1-16-10-12-18(13-11-16)22-21(24)20(17-7-4-3-5-8-17)23(2)15-19-9-6-14-25-19/h3-14,20H,15H2,1-2H3,(H,22,24)/t20-/m0/s1.